The monoisotopic (exact) mass is 879 g/mol. The van der Waals surface area contributed by atoms with Crippen molar-refractivity contribution in [2.24, 2.45) is 16.2 Å². The molecule has 0 aliphatic carbocycles. The first-order chi connectivity index (χ1) is 27.9. The summed E-state index contributed by atoms with van der Waals surface area (Å²) >= 11 is 8.39. The third-order valence-corrected chi connectivity index (χ3v) is 13.4. The Hall–Kier alpha value is -5.65. The fourth-order valence-corrected chi connectivity index (χ4v) is 10.2. The van der Waals surface area contributed by atoms with Gasteiger partial charge in [0.15, 0.2) is 28.1 Å². The molecular weight excluding hydrogens is 840 g/mol. The quantitative estimate of drug-likeness (QED) is 0.0379. The van der Waals surface area contributed by atoms with Gasteiger partial charge in [-0.25, -0.2) is 14.6 Å². The molecule has 1 aromatic heterocycles. The number of thioether (sulfide) groups is 1. The maximum absolute atomic E-state index is 13.6. The number of phenolic OH excluding ortho intramolecular Hbond substituents is 2. The number of piperidine rings is 1. The lowest BCUT2D eigenvalue weighted by atomic mass is 9.87. The first kappa shape index (κ1) is 42.9. The largest absolute Gasteiger partial charge is 0.504 e. The molecule has 7 atom stereocenters. The summed E-state index contributed by atoms with van der Waals surface area (Å²) in [4.78, 5) is 90.7. The van der Waals surface area contributed by atoms with Crippen molar-refractivity contribution in [2.75, 3.05) is 38.7 Å². The molecule has 4 aliphatic rings. The summed E-state index contributed by atoms with van der Waals surface area (Å²) in [5.74, 6) is -7.50. The number of hydrogen-bond donors (Lipinski definition) is 8. The second-order valence-corrected chi connectivity index (χ2v) is 16.9. The topological polar surface area (TPSA) is 313 Å². The molecular formula is C35H40ClN8O13S2+. The molecule has 59 heavy (non-hydrogen) atoms. The second-order valence-electron chi connectivity index (χ2n) is 14.5. The summed E-state index contributed by atoms with van der Waals surface area (Å²) in [5, 5.41) is 61.8. The van der Waals surface area contributed by atoms with Crippen molar-refractivity contribution in [3.63, 3.8) is 0 Å². The Morgan fingerprint density at radius 3 is 2.37 bits per heavy atom. The third kappa shape index (κ3) is 8.58. The molecule has 4 aliphatic heterocycles. The van der Waals surface area contributed by atoms with Crippen LogP contribution in [0.3, 0.4) is 0 Å². The lowest BCUT2D eigenvalue weighted by molar-refractivity contribution is -0.945. The number of carbonyl (C=O) groups excluding carboxylic acids is 3. The highest BCUT2D eigenvalue weighted by molar-refractivity contribution is 8.00. The highest BCUT2D eigenvalue weighted by Gasteiger charge is 2.57. The SMILES string of the molecule is CO/N=C(\C(=O)NCC1C[C@H]2CC[C@@H](C1)[N+]2(C)CC1=C(C(=O)O)N2C(=O)[C@@H](NC(=O)/C(=N\O[C@@H](CC(=O)O)C(=O)O)c3csc(N)n3)[C@H]2SC1)c1ccc(O)c(O)c1Cl. The Kier molecular flexibility index (Phi) is 12.6. The standard InChI is InChI=1S/C35H39ClN8O13S2/c1-44(16-3-4-17(44)8-14(7-16)10-38-29(49)24(41-56-2)18-5-6-20(45)28(48)23(18)36)11-15-12-58-32-26(31(51)43(32)27(15)34(54)55)40-30(50)25(19-13-59-35(37)39-19)42-57-21(33(52)53)9-22(46)47/h5-6,13-14,16-17,21,26,32H,3-4,7-12H2,1-2H3,(H8-,37,38,39,40,41,42,45,46,47,48,49,50,52,53,54,55)/p+1/t14?,16-,17+,21-,26+,32+,44?/m0/s1. The first-order valence-electron chi connectivity index (χ1n) is 18.0. The van der Waals surface area contributed by atoms with Gasteiger partial charge in [0.1, 0.15) is 36.5 Å². The number of nitrogen functional groups attached to an aromatic ring is 1. The van der Waals surface area contributed by atoms with E-state index in [1.165, 1.54) is 36.4 Å². The number of hydrogen-bond acceptors (Lipinski definition) is 16. The molecule has 24 heteroatoms. The molecule has 0 spiro atoms. The number of aromatic hydroxyl groups is 2. The van der Waals surface area contributed by atoms with Crippen LogP contribution in [0.5, 0.6) is 11.5 Å². The van der Waals surface area contributed by atoms with E-state index in [0.29, 0.717) is 23.1 Å². The molecule has 3 saturated heterocycles. The molecule has 3 fully saturated rings. The highest BCUT2D eigenvalue weighted by atomic mass is 35.5. The summed E-state index contributed by atoms with van der Waals surface area (Å²) in [6, 6.07) is 1.55. The minimum atomic E-state index is -1.95. The number of nitrogens with zero attached hydrogens (tertiary/aromatic N) is 5. The molecule has 9 N–H and O–H groups in total. The minimum Gasteiger partial charge on any atom is -0.504 e. The molecule has 0 saturated carbocycles. The summed E-state index contributed by atoms with van der Waals surface area (Å²) in [6.07, 6.45) is 0.259. The van der Waals surface area contributed by atoms with Crippen molar-refractivity contribution in [3.8, 4) is 11.5 Å². The predicted molar refractivity (Wildman–Crippen MR) is 209 cm³/mol. The van der Waals surface area contributed by atoms with Gasteiger partial charge in [-0.15, -0.1) is 23.1 Å². The number of likely N-dealkylation sites (N-methyl/N-ethyl adjacent to an activating group) is 1. The smallest absolute Gasteiger partial charge is 0.352 e. The summed E-state index contributed by atoms with van der Waals surface area (Å²) in [6.45, 7) is 0.646. The number of rotatable bonds is 16. The van der Waals surface area contributed by atoms with E-state index in [1.807, 2.05) is 0 Å². The van der Waals surface area contributed by atoms with Crippen LogP contribution < -0.4 is 16.4 Å². The van der Waals surface area contributed by atoms with Crippen LogP contribution >= 0.6 is 34.7 Å². The number of carbonyl (C=O) groups is 6. The van der Waals surface area contributed by atoms with Crippen LogP contribution in [0.2, 0.25) is 5.02 Å². The number of oxime groups is 2. The number of quaternary nitrogens is 1. The van der Waals surface area contributed by atoms with Crippen LogP contribution in [0.1, 0.15) is 43.4 Å². The average molecular weight is 880 g/mol. The lowest BCUT2D eigenvalue weighted by Crippen LogP contribution is -2.71. The zero-order valence-corrected chi connectivity index (χ0v) is 33.8. The third-order valence-electron chi connectivity index (χ3n) is 11.0. The fourth-order valence-electron chi connectivity index (χ4n) is 8.11. The number of amides is 3. The van der Waals surface area contributed by atoms with Gasteiger partial charge in [-0.3, -0.25) is 24.1 Å². The molecule has 2 aromatic rings. The number of anilines is 1. The molecule has 5 heterocycles. The average Bonchev–Trinajstić information content (AvgIpc) is 3.64. The molecule has 316 valence electrons. The van der Waals surface area contributed by atoms with Gasteiger partial charge < -0.3 is 56.1 Å². The number of nitrogens with two attached hydrogens (primary N) is 1. The fraction of sp³-hybridized carbons (Fsp3) is 0.457. The Morgan fingerprint density at radius 1 is 1.08 bits per heavy atom. The summed E-state index contributed by atoms with van der Waals surface area (Å²) in [5.41, 5.74) is 5.29. The van der Waals surface area contributed by atoms with Gasteiger partial charge in [-0.1, -0.05) is 21.9 Å². The normalized spacial score (nSPS) is 25.7. The van der Waals surface area contributed by atoms with Crippen molar-refractivity contribution < 1.29 is 68.5 Å². The Morgan fingerprint density at radius 2 is 1.78 bits per heavy atom. The van der Waals surface area contributed by atoms with E-state index in [0.717, 1.165) is 41.9 Å². The van der Waals surface area contributed by atoms with E-state index >= 15 is 0 Å². The Balaban J connectivity index is 1.12. The number of aromatic nitrogens is 1. The lowest BCUT2D eigenvalue weighted by Gasteiger charge is -2.52. The molecule has 1 aromatic carbocycles. The predicted octanol–water partition coefficient (Wildman–Crippen LogP) is 0.732. The van der Waals surface area contributed by atoms with Crippen LogP contribution in [-0.4, -0.2) is 150 Å². The van der Waals surface area contributed by atoms with Crippen LogP contribution in [0.4, 0.5) is 5.13 Å². The van der Waals surface area contributed by atoms with Crippen LogP contribution in [0.25, 0.3) is 0 Å². The van der Waals surface area contributed by atoms with E-state index in [9.17, 15) is 49.2 Å². The number of thiazole rings is 1. The van der Waals surface area contributed by atoms with E-state index in [1.54, 1.807) is 0 Å². The van der Waals surface area contributed by atoms with Gasteiger partial charge in [0, 0.05) is 54.5 Å². The van der Waals surface area contributed by atoms with Crippen molar-refractivity contribution in [3.05, 3.63) is 45.1 Å². The molecule has 2 unspecified atom stereocenters. The van der Waals surface area contributed by atoms with Crippen molar-refractivity contribution in [1.82, 2.24) is 20.5 Å². The number of phenols is 2. The summed E-state index contributed by atoms with van der Waals surface area (Å²) < 4.78 is 0.540. The molecule has 6 rings (SSSR count). The highest BCUT2D eigenvalue weighted by Crippen LogP contribution is 2.47. The van der Waals surface area contributed by atoms with Crippen molar-refractivity contribution in [2.45, 2.75) is 61.7 Å². The van der Waals surface area contributed by atoms with Crippen molar-refractivity contribution in [1.29, 1.82) is 0 Å². The number of fused-ring (bicyclic) bond motifs is 3. The van der Waals surface area contributed by atoms with Crippen molar-refractivity contribution >= 4 is 86.9 Å². The maximum Gasteiger partial charge on any atom is 0.352 e. The van der Waals surface area contributed by atoms with Gasteiger partial charge >= 0.3 is 17.9 Å². The second kappa shape index (κ2) is 17.3. The summed E-state index contributed by atoms with van der Waals surface area (Å²) in [7, 11) is 3.33. The molecule has 3 amide bonds. The molecule has 2 bridgehead atoms. The zero-order valence-electron chi connectivity index (χ0n) is 31.4. The number of β-lactam (4-membered cyclic amide) rings is 1. The van der Waals surface area contributed by atoms with Gasteiger partial charge in [0.2, 0.25) is 6.10 Å². The van der Waals surface area contributed by atoms with E-state index in [2.05, 4.69) is 33.0 Å². The number of carboxylic acids is 3. The number of carboxylic acid groups (broad SMARTS) is 3. The van der Waals surface area contributed by atoms with Crippen LogP contribution in [0, 0.1) is 5.92 Å². The van der Waals surface area contributed by atoms with E-state index in [-0.39, 0.29) is 56.6 Å². The van der Waals surface area contributed by atoms with Crippen LogP contribution in [-0.2, 0) is 38.4 Å². The van der Waals surface area contributed by atoms with Gasteiger partial charge in [0.05, 0.1) is 30.6 Å². The van der Waals surface area contributed by atoms with E-state index < -0.39 is 76.8 Å². The minimum absolute atomic E-state index is 0.0286. The van der Waals surface area contributed by atoms with Crippen LogP contribution in [0.15, 0.2) is 39.1 Å². The zero-order chi connectivity index (χ0) is 42.9. The number of nitrogens with one attached hydrogen (secondary N) is 2. The first-order valence-corrected chi connectivity index (χ1v) is 20.3. The van der Waals surface area contributed by atoms with Gasteiger partial charge in [0.25, 0.3) is 17.7 Å². The number of halogens is 1. The molecule has 21 nitrogen and oxygen atoms in total. The van der Waals surface area contributed by atoms with E-state index in [4.69, 9.17) is 32.1 Å². The van der Waals surface area contributed by atoms with Gasteiger partial charge in [-0.2, -0.15) is 0 Å². The number of aliphatic carboxylic acids is 3. The Labute approximate surface area is 348 Å². The maximum atomic E-state index is 13.6. The molecule has 0 radical (unpaired) electrons. The van der Waals surface area contributed by atoms with Gasteiger partial charge in [-0.05, 0) is 18.1 Å². The Bertz CT molecular complexity index is 2170. The number of benzene rings is 1.